The number of carbonyl (C=O) groups is 2. The SMILES string of the molecule is COc1ccc(C(CC(=O)c2cccs2)Sc2ccccc2NC(C)=O)cc1. The smallest absolute Gasteiger partial charge is 0.221 e. The standard InChI is InChI=1S/C22H21NO3S2/c1-15(24)23-18-6-3-4-7-20(18)28-22(14-19(25)21-8-5-13-27-21)16-9-11-17(26-2)12-10-16/h3-13,22H,14H2,1-2H3,(H,23,24). The maximum absolute atomic E-state index is 12.8. The average molecular weight is 412 g/mol. The van der Waals surface area contributed by atoms with Gasteiger partial charge in [-0.15, -0.1) is 23.1 Å². The van der Waals surface area contributed by atoms with Crippen molar-refractivity contribution in [1.82, 2.24) is 0 Å². The molecular weight excluding hydrogens is 390 g/mol. The molecule has 1 heterocycles. The van der Waals surface area contributed by atoms with Gasteiger partial charge in [0.1, 0.15) is 5.75 Å². The average Bonchev–Trinajstić information content (AvgIpc) is 3.23. The number of benzene rings is 2. The molecule has 0 aliphatic rings. The van der Waals surface area contributed by atoms with Crippen LogP contribution in [0.3, 0.4) is 0 Å². The van der Waals surface area contributed by atoms with Crippen molar-refractivity contribution in [3.8, 4) is 5.75 Å². The minimum atomic E-state index is -0.122. The fraction of sp³-hybridized carbons (Fsp3) is 0.182. The molecule has 4 nitrogen and oxygen atoms in total. The molecule has 3 aromatic rings. The lowest BCUT2D eigenvalue weighted by Gasteiger charge is -2.19. The molecule has 1 unspecified atom stereocenters. The zero-order valence-corrected chi connectivity index (χ0v) is 17.3. The highest BCUT2D eigenvalue weighted by molar-refractivity contribution is 7.99. The molecular formula is C22H21NO3S2. The topological polar surface area (TPSA) is 55.4 Å². The molecule has 1 atom stereocenters. The van der Waals surface area contributed by atoms with Gasteiger partial charge in [0, 0.05) is 23.5 Å². The molecule has 0 saturated heterocycles. The minimum absolute atomic E-state index is 0.0876. The number of nitrogens with one attached hydrogen (secondary N) is 1. The number of rotatable bonds is 8. The van der Waals surface area contributed by atoms with Crippen LogP contribution in [0.25, 0.3) is 0 Å². The normalized spacial score (nSPS) is 11.6. The number of methoxy groups -OCH3 is 1. The zero-order valence-electron chi connectivity index (χ0n) is 15.7. The quantitative estimate of drug-likeness (QED) is 0.375. The van der Waals surface area contributed by atoms with Crippen LogP contribution in [0, 0.1) is 0 Å². The van der Waals surface area contributed by atoms with Gasteiger partial charge in [-0.3, -0.25) is 9.59 Å². The van der Waals surface area contributed by atoms with Crippen molar-refractivity contribution in [2.75, 3.05) is 12.4 Å². The van der Waals surface area contributed by atoms with Crippen LogP contribution in [0.15, 0.2) is 70.9 Å². The fourth-order valence-corrected chi connectivity index (χ4v) is 4.68. The molecule has 28 heavy (non-hydrogen) atoms. The molecule has 0 spiro atoms. The molecule has 0 aliphatic heterocycles. The molecule has 0 saturated carbocycles. The van der Waals surface area contributed by atoms with Crippen molar-refractivity contribution in [3.05, 3.63) is 76.5 Å². The van der Waals surface area contributed by atoms with E-state index in [1.807, 2.05) is 66.0 Å². The molecule has 144 valence electrons. The Morgan fingerprint density at radius 2 is 1.82 bits per heavy atom. The third-order valence-corrected chi connectivity index (χ3v) is 6.37. The monoisotopic (exact) mass is 411 g/mol. The second-order valence-corrected chi connectivity index (χ2v) is 8.35. The Labute approximate surface area is 172 Å². The molecule has 1 amide bonds. The van der Waals surface area contributed by atoms with Gasteiger partial charge in [-0.25, -0.2) is 0 Å². The number of hydrogen-bond donors (Lipinski definition) is 1. The summed E-state index contributed by atoms with van der Waals surface area (Å²) >= 11 is 3.03. The van der Waals surface area contributed by atoms with E-state index in [1.54, 1.807) is 18.9 Å². The molecule has 3 rings (SSSR count). The third-order valence-electron chi connectivity index (χ3n) is 4.12. The Bertz CT molecular complexity index is 937. The van der Waals surface area contributed by atoms with Crippen LogP contribution in [-0.4, -0.2) is 18.8 Å². The molecule has 0 fully saturated rings. The van der Waals surface area contributed by atoms with E-state index in [-0.39, 0.29) is 16.9 Å². The Hall–Kier alpha value is -2.57. The van der Waals surface area contributed by atoms with Crippen molar-refractivity contribution in [2.24, 2.45) is 0 Å². The highest BCUT2D eigenvalue weighted by Crippen LogP contribution is 2.42. The lowest BCUT2D eigenvalue weighted by Crippen LogP contribution is -2.08. The summed E-state index contributed by atoms with van der Waals surface area (Å²) in [6.07, 6.45) is 0.367. The van der Waals surface area contributed by atoms with Gasteiger partial charge in [-0.05, 0) is 41.3 Å². The molecule has 0 radical (unpaired) electrons. The molecule has 1 N–H and O–H groups in total. The number of thiophene rings is 1. The van der Waals surface area contributed by atoms with Crippen molar-refractivity contribution in [3.63, 3.8) is 0 Å². The van der Waals surface area contributed by atoms with Gasteiger partial charge < -0.3 is 10.1 Å². The van der Waals surface area contributed by atoms with Crippen LogP contribution in [-0.2, 0) is 4.79 Å². The van der Waals surface area contributed by atoms with Crippen LogP contribution in [0.5, 0.6) is 5.75 Å². The van der Waals surface area contributed by atoms with Crippen molar-refractivity contribution in [1.29, 1.82) is 0 Å². The van der Waals surface area contributed by atoms with Crippen LogP contribution in [0.1, 0.15) is 33.8 Å². The van der Waals surface area contributed by atoms with E-state index in [2.05, 4.69) is 5.32 Å². The first-order chi connectivity index (χ1) is 13.6. The number of ketones is 1. The first-order valence-corrected chi connectivity index (χ1v) is 10.6. The van der Waals surface area contributed by atoms with Gasteiger partial charge in [0.25, 0.3) is 0 Å². The number of amides is 1. The second-order valence-electron chi connectivity index (χ2n) is 6.16. The lowest BCUT2D eigenvalue weighted by atomic mass is 10.1. The van der Waals surface area contributed by atoms with Gasteiger partial charge in [0.15, 0.2) is 5.78 Å². The number of anilines is 1. The van der Waals surface area contributed by atoms with Crippen molar-refractivity contribution < 1.29 is 14.3 Å². The highest BCUT2D eigenvalue weighted by atomic mass is 32.2. The Balaban J connectivity index is 1.89. The van der Waals surface area contributed by atoms with Crippen LogP contribution in [0.4, 0.5) is 5.69 Å². The largest absolute Gasteiger partial charge is 0.497 e. The first kappa shape index (κ1) is 20.2. The Morgan fingerprint density at radius 1 is 1.07 bits per heavy atom. The van der Waals surface area contributed by atoms with E-state index in [4.69, 9.17) is 4.74 Å². The minimum Gasteiger partial charge on any atom is -0.497 e. The van der Waals surface area contributed by atoms with Crippen LogP contribution < -0.4 is 10.1 Å². The van der Waals surface area contributed by atoms with Gasteiger partial charge >= 0.3 is 0 Å². The second kappa shape index (κ2) is 9.57. The summed E-state index contributed by atoms with van der Waals surface area (Å²) in [5.74, 6) is 0.764. The predicted octanol–water partition coefficient (Wildman–Crippen LogP) is 5.82. The summed E-state index contributed by atoms with van der Waals surface area (Å²) in [5, 5.41) is 4.69. The van der Waals surface area contributed by atoms with E-state index in [1.165, 1.54) is 18.3 Å². The summed E-state index contributed by atoms with van der Waals surface area (Å²) in [4.78, 5) is 26.0. The van der Waals surface area contributed by atoms with Gasteiger partial charge in [-0.2, -0.15) is 0 Å². The molecule has 2 aromatic carbocycles. The Morgan fingerprint density at radius 3 is 2.46 bits per heavy atom. The van der Waals surface area contributed by atoms with E-state index in [9.17, 15) is 9.59 Å². The summed E-state index contributed by atoms with van der Waals surface area (Å²) in [7, 11) is 1.63. The first-order valence-electron chi connectivity index (χ1n) is 8.80. The van der Waals surface area contributed by atoms with Crippen LogP contribution in [0.2, 0.25) is 0 Å². The summed E-state index contributed by atoms with van der Waals surface area (Å²) in [6, 6.07) is 19.2. The molecule has 6 heteroatoms. The zero-order chi connectivity index (χ0) is 19.9. The number of hydrogen-bond acceptors (Lipinski definition) is 5. The highest BCUT2D eigenvalue weighted by Gasteiger charge is 2.21. The van der Waals surface area contributed by atoms with Crippen LogP contribution >= 0.6 is 23.1 Å². The Kier molecular flexibility index (Phi) is 6.90. The van der Waals surface area contributed by atoms with E-state index >= 15 is 0 Å². The van der Waals surface area contributed by atoms with Gasteiger partial charge in [-0.1, -0.05) is 30.3 Å². The van der Waals surface area contributed by atoms with Gasteiger partial charge in [0.05, 0.1) is 17.7 Å². The van der Waals surface area contributed by atoms with Crippen molar-refractivity contribution in [2.45, 2.75) is 23.5 Å². The van der Waals surface area contributed by atoms with E-state index in [0.717, 1.165) is 26.8 Å². The molecule has 0 bridgehead atoms. The summed E-state index contributed by atoms with van der Waals surface area (Å²) in [5.41, 5.74) is 1.79. The van der Waals surface area contributed by atoms with Gasteiger partial charge in [0.2, 0.25) is 5.91 Å². The molecule has 0 aliphatic carbocycles. The third kappa shape index (κ3) is 5.24. The predicted molar refractivity (Wildman–Crippen MR) is 116 cm³/mol. The molecule has 1 aromatic heterocycles. The number of thioether (sulfide) groups is 1. The maximum Gasteiger partial charge on any atom is 0.221 e. The number of carbonyl (C=O) groups excluding carboxylic acids is 2. The maximum atomic E-state index is 12.8. The number of para-hydroxylation sites is 1. The fourth-order valence-electron chi connectivity index (χ4n) is 2.77. The summed E-state index contributed by atoms with van der Waals surface area (Å²) in [6.45, 7) is 1.49. The lowest BCUT2D eigenvalue weighted by molar-refractivity contribution is -0.114. The number of ether oxygens (including phenoxy) is 1. The van der Waals surface area contributed by atoms with Crippen molar-refractivity contribution >= 4 is 40.5 Å². The summed E-state index contributed by atoms with van der Waals surface area (Å²) < 4.78 is 5.25. The van der Waals surface area contributed by atoms with E-state index < -0.39 is 0 Å². The van der Waals surface area contributed by atoms with E-state index in [0.29, 0.717) is 6.42 Å². The number of Topliss-reactive ketones (excluding diaryl/α,β-unsaturated/α-hetero) is 1.